The predicted molar refractivity (Wildman–Crippen MR) is 270 cm³/mol. The summed E-state index contributed by atoms with van der Waals surface area (Å²) in [7, 11) is 0. The van der Waals surface area contributed by atoms with E-state index in [4.69, 9.17) is 9.98 Å². The Balaban J connectivity index is 1.14. The molecule has 1 aliphatic heterocycles. The lowest BCUT2D eigenvalue weighted by atomic mass is 9.99. The molecule has 3 nitrogen and oxygen atoms in total. The van der Waals surface area contributed by atoms with Crippen LogP contribution in [0.25, 0.3) is 96.8 Å². The molecule has 0 N–H and O–H groups in total. The summed E-state index contributed by atoms with van der Waals surface area (Å²) in [5.74, 6) is 0.692. The lowest BCUT2D eigenvalue weighted by Crippen LogP contribution is -2.09. The van der Waals surface area contributed by atoms with Gasteiger partial charge in [0.25, 0.3) is 0 Å². The van der Waals surface area contributed by atoms with Crippen LogP contribution in [0.1, 0.15) is 23.1 Å². The fourth-order valence-corrected chi connectivity index (χ4v) is 11.1. The Morgan fingerprint density at radius 1 is 0.413 bits per heavy atom. The second-order valence-corrected chi connectivity index (χ2v) is 17.5. The van der Waals surface area contributed by atoms with E-state index in [9.17, 15) is 0 Å². The molecule has 3 heterocycles. The molecule has 0 amide bonds. The van der Waals surface area contributed by atoms with Gasteiger partial charge in [-0.15, -0.1) is 11.3 Å². The molecule has 294 valence electrons. The summed E-state index contributed by atoms with van der Waals surface area (Å²) in [6.45, 7) is 0. The first-order valence-corrected chi connectivity index (χ1v) is 22.4. The first kappa shape index (κ1) is 35.8. The van der Waals surface area contributed by atoms with Crippen molar-refractivity contribution in [1.82, 2.24) is 4.57 Å². The summed E-state index contributed by atoms with van der Waals surface area (Å²) >= 11 is 1.87. The molecular formula is C59H37N3S. The lowest BCUT2D eigenvalue weighted by molar-refractivity contribution is 1.19. The van der Waals surface area contributed by atoms with E-state index < -0.39 is 0 Å². The highest BCUT2D eigenvalue weighted by Crippen LogP contribution is 2.46. The van der Waals surface area contributed by atoms with Gasteiger partial charge in [-0.25, -0.2) is 9.98 Å². The largest absolute Gasteiger partial charge is 0.308 e. The van der Waals surface area contributed by atoms with Crippen LogP contribution in [0.3, 0.4) is 0 Å². The molecule has 2 aromatic heterocycles. The van der Waals surface area contributed by atoms with E-state index in [1.165, 1.54) is 74.4 Å². The third-order valence-electron chi connectivity index (χ3n) is 12.9. The van der Waals surface area contributed by atoms with Crippen LogP contribution in [0.4, 0.5) is 0 Å². The van der Waals surface area contributed by atoms with Crippen molar-refractivity contribution in [3.8, 4) is 16.8 Å². The number of thiophene rings is 1. The van der Waals surface area contributed by atoms with Gasteiger partial charge >= 0.3 is 0 Å². The first-order chi connectivity index (χ1) is 31.2. The van der Waals surface area contributed by atoms with Crippen LogP contribution in [0.15, 0.2) is 222 Å². The van der Waals surface area contributed by atoms with Crippen LogP contribution in [-0.4, -0.2) is 16.1 Å². The number of hydrogen-bond acceptors (Lipinski definition) is 3. The van der Waals surface area contributed by atoms with E-state index in [0.29, 0.717) is 12.3 Å². The standard InChI is InChI=1S/C59H37N3S/c1-2-13-37(14-3-1)38-25-27-41(28-26-38)51-32-33-52(46-23-12-19-39-15-6-8-20-44(39)46)61-59(60-51)49-31-34-55-56(48-30-29-40-16-7-9-21-45(40)58(48)63-55)57(49)62-53-24-11-10-22-47(53)50-35-42-17-4-5-18-43(42)36-54(50)62/h1-31,33-36H,32H2. The van der Waals surface area contributed by atoms with Crippen LogP contribution >= 0.6 is 11.3 Å². The van der Waals surface area contributed by atoms with E-state index in [1.807, 2.05) is 11.3 Å². The van der Waals surface area contributed by atoms with Gasteiger partial charge in [-0.2, -0.15) is 0 Å². The summed E-state index contributed by atoms with van der Waals surface area (Å²) in [6, 6.07) is 74.8. The van der Waals surface area contributed by atoms with Crippen LogP contribution in [0.5, 0.6) is 0 Å². The Hall–Kier alpha value is -7.92. The first-order valence-electron chi connectivity index (χ1n) is 21.5. The minimum absolute atomic E-state index is 0.628. The van der Waals surface area contributed by atoms with Gasteiger partial charge in [-0.3, -0.25) is 0 Å². The number of benzene rings is 10. The Morgan fingerprint density at radius 3 is 1.89 bits per heavy atom. The van der Waals surface area contributed by atoms with E-state index in [2.05, 4.69) is 217 Å². The number of rotatable bonds is 5. The lowest BCUT2D eigenvalue weighted by Gasteiger charge is -2.17. The third kappa shape index (κ3) is 5.80. The minimum Gasteiger partial charge on any atom is -0.308 e. The van der Waals surface area contributed by atoms with Gasteiger partial charge in [-0.05, 0) is 79.3 Å². The van der Waals surface area contributed by atoms with Crippen molar-refractivity contribution in [2.24, 2.45) is 9.98 Å². The zero-order valence-corrected chi connectivity index (χ0v) is 35.0. The van der Waals surface area contributed by atoms with Gasteiger partial charge in [0.1, 0.15) is 0 Å². The summed E-state index contributed by atoms with van der Waals surface area (Å²) in [6.07, 6.45) is 2.90. The Labute approximate surface area is 367 Å². The SMILES string of the molecule is C1=C(c2cccc3ccccc23)N=C(c2ccc3sc4c5ccccc5ccc4c3c2-n2c3ccccc3c3cc4ccccc4cc32)N=C(c2ccc(-c3ccccc3)cc2)C1. The maximum Gasteiger partial charge on any atom is 0.162 e. The second kappa shape index (κ2) is 14.3. The molecular weight excluding hydrogens is 783 g/mol. The zero-order valence-electron chi connectivity index (χ0n) is 34.2. The summed E-state index contributed by atoms with van der Waals surface area (Å²) in [5, 5.41) is 12.2. The molecule has 0 saturated carbocycles. The number of para-hydroxylation sites is 1. The van der Waals surface area contributed by atoms with Crippen molar-refractivity contribution >= 4 is 103 Å². The smallest absolute Gasteiger partial charge is 0.162 e. The Bertz CT molecular complexity index is 3920. The van der Waals surface area contributed by atoms with Crippen molar-refractivity contribution < 1.29 is 0 Å². The molecule has 10 aromatic carbocycles. The summed E-state index contributed by atoms with van der Waals surface area (Å²) in [5.41, 5.74) is 10.8. The molecule has 0 saturated heterocycles. The molecule has 12 aromatic rings. The maximum atomic E-state index is 5.69. The molecule has 0 radical (unpaired) electrons. The number of amidine groups is 1. The van der Waals surface area contributed by atoms with Gasteiger partial charge in [0.15, 0.2) is 5.84 Å². The fraction of sp³-hybridized carbons (Fsp3) is 0.0169. The molecule has 0 bridgehead atoms. The van der Waals surface area contributed by atoms with Gasteiger partial charge in [-0.1, -0.05) is 182 Å². The van der Waals surface area contributed by atoms with E-state index >= 15 is 0 Å². The topological polar surface area (TPSA) is 29.6 Å². The van der Waals surface area contributed by atoms with Crippen molar-refractivity contribution in [1.29, 1.82) is 0 Å². The Kier molecular flexibility index (Phi) is 8.15. The van der Waals surface area contributed by atoms with Crippen molar-refractivity contribution in [2.75, 3.05) is 0 Å². The van der Waals surface area contributed by atoms with Crippen LogP contribution in [0, 0.1) is 0 Å². The highest BCUT2D eigenvalue weighted by Gasteiger charge is 2.25. The Morgan fingerprint density at radius 2 is 1.06 bits per heavy atom. The second-order valence-electron chi connectivity index (χ2n) is 16.4. The highest BCUT2D eigenvalue weighted by molar-refractivity contribution is 7.26. The molecule has 63 heavy (non-hydrogen) atoms. The number of hydrogen-bond donors (Lipinski definition) is 0. The molecule has 0 spiro atoms. The fourth-order valence-electron chi connectivity index (χ4n) is 9.85. The predicted octanol–water partition coefficient (Wildman–Crippen LogP) is 16.0. The van der Waals surface area contributed by atoms with Crippen LogP contribution in [-0.2, 0) is 0 Å². The van der Waals surface area contributed by atoms with Gasteiger partial charge < -0.3 is 4.57 Å². The van der Waals surface area contributed by atoms with Crippen LogP contribution in [0.2, 0.25) is 0 Å². The van der Waals surface area contributed by atoms with Gasteiger partial charge in [0, 0.05) is 48.5 Å². The highest BCUT2D eigenvalue weighted by atomic mass is 32.1. The summed E-state index contributed by atoms with van der Waals surface area (Å²) in [4.78, 5) is 11.4. The molecule has 0 fully saturated rings. The number of nitrogens with zero attached hydrogens (tertiary/aromatic N) is 3. The molecule has 1 aliphatic rings. The zero-order chi connectivity index (χ0) is 41.4. The number of aromatic nitrogens is 1. The average Bonchev–Trinajstić information content (AvgIpc) is 3.80. The maximum absolute atomic E-state index is 5.69. The van der Waals surface area contributed by atoms with Gasteiger partial charge in [0.05, 0.1) is 28.1 Å². The molecule has 4 heteroatoms. The van der Waals surface area contributed by atoms with Crippen LogP contribution < -0.4 is 0 Å². The average molecular weight is 820 g/mol. The summed E-state index contributed by atoms with van der Waals surface area (Å²) < 4.78 is 5.02. The minimum atomic E-state index is 0.628. The van der Waals surface area contributed by atoms with E-state index in [-0.39, 0.29) is 0 Å². The monoisotopic (exact) mass is 819 g/mol. The van der Waals surface area contributed by atoms with Crippen molar-refractivity contribution in [3.63, 3.8) is 0 Å². The van der Waals surface area contributed by atoms with E-state index in [1.54, 1.807) is 0 Å². The quantitative estimate of drug-likeness (QED) is 0.166. The number of aliphatic imine (C=N–C) groups is 2. The van der Waals surface area contributed by atoms with Crippen molar-refractivity contribution in [2.45, 2.75) is 6.42 Å². The van der Waals surface area contributed by atoms with E-state index in [0.717, 1.165) is 44.8 Å². The molecule has 0 aliphatic carbocycles. The van der Waals surface area contributed by atoms with Crippen molar-refractivity contribution in [3.05, 3.63) is 229 Å². The van der Waals surface area contributed by atoms with Gasteiger partial charge in [0.2, 0.25) is 0 Å². The normalized spacial score (nSPS) is 13.3. The third-order valence-corrected chi connectivity index (χ3v) is 14.1. The number of allylic oxidation sites excluding steroid dienone is 1. The molecule has 0 unspecified atom stereocenters. The molecule has 13 rings (SSSR count). The number of fused-ring (bicyclic) bond motifs is 10. The molecule has 0 atom stereocenters.